The zero-order chi connectivity index (χ0) is 21.8. The number of amides is 1. The molecule has 0 aliphatic carbocycles. The molecule has 0 saturated heterocycles. The summed E-state index contributed by atoms with van der Waals surface area (Å²) in [5.74, 6) is -0.600. The highest BCUT2D eigenvalue weighted by Gasteiger charge is 2.21. The van der Waals surface area contributed by atoms with E-state index in [2.05, 4.69) is 0 Å². The van der Waals surface area contributed by atoms with Gasteiger partial charge in [-0.3, -0.25) is 9.59 Å². The number of hydrogen-bond acceptors (Lipinski definition) is 5. The summed E-state index contributed by atoms with van der Waals surface area (Å²) in [4.78, 5) is 25.2. The third-order valence-corrected chi connectivity index (χ3v) is 5.81. The van der Waals surface area contributed by atoms with E-state index in [1.54, 1.807) is 29.2 Å². The largest absolute Gasteiger partial charge is 0.496 e. The normalized spacial score (nSPS) is 11.2. The Morgan fingerprint density at radius 3 is 2.17 bits per heavy atom. The minimum absolute atomic E-state index is 0.130. The highest BCUT2D eigenvalue weighted by molar-refractivity contribution is 7.90. The lowest BCUT2D eigenvalue weighted by atomic mass is 9.92. The van der Waals surface area contributed by atoms with Crippen molar-refractivity contribution in [3.63, 3.8) is 0 Å². The van der Waals surface area contributed by atoms with Crippen molar-refractivity contribution in [1.82, 2.24) is 4.90 Å². The molecule has 1 N–H and O–H groups in total. The van der Waals surface area contributed by atoms with E-state index in [0.29, 0.717) is 34.5 Å². The van der Waals surface area contributed by atoms with Crippen molar-refractivity contribution in [3.8, 4) is 16.9 Å². The maximum absolute atomic E-state index is 12.0. The Morgan fingerprint density at radius 1 is 1.10 bits per heavy atom. The third kappa shape index (κ3) is 5.35. The number of carbonyl (C=O) groups excluding carboxylic acids is 1. The van der Waals surface area contributed by atoms with E-state index in [1.165, 1.54) is 26.2 Å². The molecule has 0 heterocycles. The number of benzene rings is 2. The number of aliphatic carboxylic acids is 1. The maximum atomic E-state index is 12.0. The first-order valence-corrected chi connectivity index (χ1v) is 10.9. The van der Waals surface area contributed by atoms with Gasteiger partial charge in [-0.05, 0) is 41.8 Å². The number of carboxylic acid groups (broad SMARTS) is 1. The molecule has 0 aliphatic heterocycles. The molecule has 0 bridgehead atoms. The van der Waals surface area contributed by atoms with Gasteiger partial charge in [0.05, 0.1) is 18.4 Å². The number of ether oxygens (including phenoxy) is 1. The van der Waals surface area contributed by atoms with E-state index in [0.717, 1.165) is 6.26 Å². The molecule has 0 fully saturated rings. The molecule has 2 aromatic rings. The van der Waals surface area contributed by atoms with E-state index in [1.807, 2.05) is 6.92 Å². The molecule has 0 aliphatic rings. The van der Waals surface area contributed by atoms with Crippen molar-refractivity contribution in [3.05, 3.63) is 47.5 Å². The number of sulfone groups is 1. The number of rotatable bonds is 8. The quantitative estimate of drug-likeness (QED) is 0.706. The summed E-state index contributed by atoms with van der Waals surface area (Å²) in [6.45, 7) is 3.99. The summed E-state index contributed by atoms with van der Waals surface area (Å²) in [6, 6.07) is 9.69. The fourth-order valence-electron chi connectivity index (χ4n) is 3.17. The van der Waals surface area contributed by atoms with Gasteiger partial charge in [0.1, 0.15) is 5.75 Å². The van der Waals surface area contributed by atoms with Crippen LogP contribution in [0.5, 0.6) is 5.75 Å². The smallest absolute Gasteiger partial charge is 0.307 e. The highest BCUT2D eigenvalue weighted by atomic mass is 32.2. The van der Waals surface area contributed by atoms with Crippen LogP contribution in [0.3, 0.4) is 0 Å². The van der Waals surface area contributed by atoms with E-state index in [4.69, 9.17) is 4.74 Å². The second kappa shape index (κ2) is 9.09. The van der Waals surface area contributed by atoms with Crippen LogP contribution >= 0.6 is 0 Å². The van der Waals surface area contributed by atoms with Gasteiger partial charge < -0.3 is 14.7 Å². The van der Waals surface area contributed by atoms with E-state index < -0.39 is 15.8 Å². The highest BCUT2D eigenvalue weighted by Crippen LogP contribution is 2.37. The fourth-order valence-corrected chi connectivity index (χ4v) is 3.80. The van der Waals surface area contributed by atoms with Crippen molar-refractivity contribution in [2.75, 3.05) is 19.9 Å². The standard InChI is InChI=1S/C21H25NO6S/c1-5-22(14(2)23)13-18-16(12-20(24)25)8-11-19(28-3)21(18)15-6-9-17(10-7-15)29(4,26)27/h6-11H,5,12-13H2,1-4H3,(H,24,25). The van der Waals surface area contributed by atoms with Crippen LogP contribution in [0.25, 0.3) is 11.1 Å². The average molecular weight is 419 g/mol. The van der Waals surface area contributed by atoms with Gasteiger partial charge in [-0.15, -0.1) is 0 Å². The topological polar surface area (TPSA) is 101 Å². The summed E-state index contributed by atoms with van der Waals surface area (Å²) in [5.41, 5.74) is 2.55. The van der Waals surface area contributed by atoms with Crippen LogP contribution < -0.4 is 4.74 Å². The minimum Gasteiger partial charge on any atom is -0.496 e. The molecule has 0 radical (unpaired) electrons. The number of carboxylic acids is 1. The number of hydrogen-bond donors (Lipinski definition) is 1. The predicted molar refractivity (Wildman–Crippen MR) is 110 cm³/mol. The summed E-state index contributed by atoms with van der Waals surface area (Å²) in [7, 11) is -1.84. The van der Waals surface area contributed by atoms with Crippen molar-refractivity contribution >= 4 is 21.7 Å². The van der Waals surface area contributed by atoms with Gasteiger partial charge in [-0.25, -0.2) is 8.42 Å². The second-order valence-electron chi connectivity index (χ2n) is 6.68. The van der Waals surface area contributed by atoms with Crippen LogP contribution in [0.1, 0.15) is 25.0 Å². The van der Waals surface area contributed by atoms with Crippen molar-refractivity contribution < 1.29 is 27.9 Å². The maximum Gasteiger partial charge on any atom is 0.307 e. The zero-order valence-electron chi connectivity index (χ0n) is 16.9. The summed E-state index contributed by atoms with van der Waals surface area (Å²) in [6.07, 6.45) is 0.927. The lowest BCUT2D eigenvalue weighted by Crippen LogP contribution is -2.28. The number of carbonyl (C=O) groups is 2. The van der Waals surface area contributed by atoms with Crippen LogP contribution in [-0.4, -0.2) is 50.2 Å². The van der Waals surface area contributed by atoms with E-state index in [-0.39, 0.29) is 23.8 Å². The SMILES string of the molecule is CCN(Cc1c(CC(=O)O)ccc(OC)c1-c1ccc(S(C)(=O)=O)cc1)C(C)=O. The molecule has 8 heteroatoms. The molecule has 0 spiro atoms. The molecule has 2 aromatic carbocycles. The molecule has 0 saturated carbocycles. The van der Waals surface area contributed by atoms with Gasteiger partial charge in [0.25, 0.3) is 0 Å². The molecular weight excluding hydrogens is 394 g/mol. The lowest BCUT2D eigenvalue weighted by molar-refractivity contribution is -0.136. The first-order chi connectivity index (χ1) is 13.6. The van der Waals surface area contributed by atoms with E-state index >= 15 is 0 Å². The predicted octanol–water partition coefficient (Wildman–Crippen LogP) is 2.76. The van der Waals surface area contributed by atoms with E-state index in [9.17, 15) is 23.1 Å². The Hall–Kier alpha value is -2.87. The molecule has 0 atom stereocenters. The van der Waals surface area contributed by atoms with Crippen LogP contribution in [0, 0.1) is 0 Å². The Labute approximate surface area is 170 Å². The molecule has 0 unspecified atom stereocenters. The Bertz CT molecular complexity index is 1010. The zero-order valence-corrected chi connectivity index (χ0v) is 17.7. The van der Waals surface area contributed by atoms with Gasteiger partial charge in [-0.1, -0.05) is 18.2 Å². The second-order valence-corrected chi connectivity index (χ2v) is 8.70. The van der Waals surface area contributed by atoms with Crippen molar-refractivity contribution in [2.45, 2.75) is 31.7 Å². The molecule has 29 heavy (non-hydrogen) atoms. The Morgan fingerprint density at radius 2 is 1.72 bits per heavy atom. The summed E-state index contributed by atoms with van der Waals surface area (Å²) < 4.78 is 29.0. The molecule has 7 nitrogen and oxygen atoms in total. The van der Waals surface area contributed by atoms with Crippen LogP contribution in [-0.2, 0) is 32.4 Å². The van der Waals surface area contributed by atoms with Crippen LogP contribution in [0.2, 0.25) is 0 Å². The Kier molecular flexibility index (Phi) is 7.02. The summed E-state index contributed by atoms with van der Waals surface area (Å²) >= 11 is 0. The lowest BCUT2D eigenvalue weighted by Gasteiger charge is -2.24. The van der Waals surface area contributed by atoms with Crippen LogP contribution in [0.15, 0.2) is 41.3 Å². The molecule has 156 valence electrons. The van der Waals surface area contributed by atoms with Gasteiger partial charge in [0, 0.05) is 31.8 Å². The van der Waals surface area contributed by atoms with Crippen molar-refractivity contribution in [1.29, 1.82) is 0 Å². The van der Waals surface area contributed by atoms with Crippen LogP contribution in [0.4, 0.5) is 0 Å². The molecular formula is C21H25NO6S. The molecule has 2 rings (SSSR count). The third-order valence-electron chi connectivity index (χ3n) is 4.68. The average Bonchev–Trinajstić information content (AvgIpc) is 2.65. The van der Waals surface area contributed by atoms with Crippen molar-refractivity contribution in [2.24, 2.45) is 0 Å². The first kappa shape index (κ1) is 22.4. The first-order valence-electron chi connectivity index (χ1n) is 9.05. The van der Waals surface area contributed by atoms with Gasteiger partial charge in [0.15, 0.2) is 9.84 Å². The minimum atomic E-state index is -3.35. The summed E-state index contributed by atoms with van der Waals surface area (Å²) in [5, 5.41) is 9.33. The van der Waals surface area contributed by atoms with Gasteiger partial charge >= 0.3 is 5.97 Å². The molecule has 1 amide bonds. The van der Waals surface area contributed by atoms with Gasteiger partial charge in [0.2, 0.25) is 5.91 Å². The Balaban J connectivity index is 2.72. The molecule has 0 aromatic heterocycles. The van der Waals surface area contributed by atoms with Gasteiger partial charge in [-0.2, -0.15) is 0 Å². The number of methoxy groups -OCH3 is 1. The monoisotopic (exact) mass is 419 g/mol. The number of nitrogens with zero attached hydrogens (tertiary/aromatic N) is 1. The fraction of sp³-hybridized carbons (Fsp3) is 0.333.